The minimum absolute atomic E-state index is 0.0324. The van der Waals surface area contributed by atoms with Crippen LogP contribution in [0.5, 0.6) is 0 Å². The zero-order valence-corrected chi connectivity index (χ0v) is 22.3. The zero-order chi connectivity index (χ0) is 28.1. The molecule has 0 spiro atoms. The van der Waals surface area contributed by atoms with Crippen molar-refractivity contribution in [2.24, 2.45) is 0 Å². The third-order valence-electron chi connectivity index (χ3n) is 7.91. The molecule has 1 aliphatic carbocycles. The van der Waals surface area contributed by atoms with Crippen LogP contribution in [0.3, 0.4) is 0 Å². The van der Waals surface area contributed by atoms with Gasteiger partial charge in [-0.1, -0.05) is 41.6 Å². The normalized spacial score (nSPS) is 17.3. The first-order valence-electron chi connectivity index (χ1n) is 13.3. The van der Waals surface area contributed by atoms with Gasteiger partial charge in [0.15, 0.2) is 5.69 Å². The van der Waals surface area contributed by atoms with Gasteiger partial charge in [0.1, 0.15) is 0 Å². The van der Waals surface area contributed by atoms with Crippen LogP contribution in [0.1, 0.15) is 40.0 Å². The lowest BCUT2D eigenvalue weighted by atomic mass is 9.94. The van der Waals surface area contributed by atoms with Crippen LogP contribution in [0.2, 0.25) is 0 Å². The number of nitrogens with zero attached hydrogens (tertiary/aromatic N) is 6. The summed E-state index contributed by atoms with van der Waals surface area (Å²) in [5.74, 6) is 0.527. The summed E-state index contributed by atoms with van der Waals surface area (Å²) in [6, 6.07) is 15.6. The molecule has 208 valence electrons. The summed E-state index contributed by atoms with van der Waals surface area (Å²) < 4.78 is 47.6. The lowest BCUT2D eigenvalue weighted by Gasteiger charge is -2.32. The van der Waals surface area contributed by atoms with Crippen molar-refractivity contribution in [2.75, 3.05) is 33.2 Å². The summed E-state index contributed by atoms with van der Waals surface area (Å²) in [5, 5.41) is 8.65. The van der Waals surface area contributed by atoms with Crippen LogP contribution in [-0.2, 0) is 12.0 Å². The van der Waals surface area contributed by atoms with Gasteiger partial charge in [0.25, 0.3) is 11.8 Å². The van der Waals surface area contributed by atoms with Crippen molar-refractivity contribution in [2.45, 2.75) is 37.9 Å². The number of piperazine rings is 1. The Labute approximate surface area is 229 Å². The molecule has 0 atom stereocenters. The molecule has 8 nitrogen and oxygen atoms in total. The molecule has 2 aromatic carbocycles. The van der Waals surface area contributed by atoms with Gasteiger partial charge in [-0.05, 0) is 56.1 Å². The number of halogens is 3. The van der Waals surface area contributed by atoms with E-state index in [9.17, 15) is 18.0 Å². The third-order valence-corrected chi connectivity index (χ3v) is 7.91. The Hall–Kier alpha value is -3.99. The highest BCUT2D eigenvalue weighted by atomic mass is 19.4. The summed E-state index contributed by atoms with van der Waals surface area (Å²) in [4.78, 5) is 21.5. The number of amides is 1. The van der Waals surface area contributed by atoms with Gasteiger partial charge in [0.05, 0.1) is 12.0 Å². The van der Waals surface area contributed by atoms with Gasteiger partial charge < -0.3 is 14.3 Å². The Morgan fingerprint density at radius 3 is 2.42 bits per heavy atom. The number of benzene rings is 2. The second kappa shape index (κ2) is 9.88. The topological polar surface area (TPSA) is 80.3 Å². The van der Waals surface area contributed by atoms with Gasteiger partial charge in [0.2, 0.25) is 5.82 Å². The first-order valence-corrected chi connectivity index (χ1v) is 13.3. The van der Waals surface area contributed by atoms with E-state index in [1.807, 2.05) is 42.2 Å². The minimum atomic E-state index is -4.26. The monoisotopic (exact) mass is 550 g/mol. The van der Waals surface area contributed by atoms with E-state index in [0.717, 1.165) is 24.3 Å². The number of alkyl halides is 3. The number of aryl methyl sites for hydroxylation is 1. The number of hydrogen-bond donors (Lipinski definition) is 0. The molecule has 1 saturated carbocycles. The molecule has 40 heavy (non-hydrogen) atoms. The van der Waals surface area contributed by atoms with Crippen LogP contribution in [0.25, 0.3) is 23.0 Å². The lowest BCUT2D eigenvalue weighted by Crippen LogP contribution is -2.47. The van der Waals surface area contributed by atoms with Crippen LogP contribution >= 0.6 is 0 Å². The lowest BCUT2D eigenvalue weighted by molar-refractivity contribution is -0.160. The fourth-order valence-electron chi connectivity index (χ4n) is 5.19. The molecular weight excluding hydrogens is 521 g/mol. The standard InChI is InChI=1S/C29H29F3N6O2/c1-19-16-24(26-33-25(35-40-26)21-6-8-23(9-7-21)28(10-11-28)29(30,31)32)34-38(19)18-20-4-3-5-22(17-20)27(39)37-14-12-36(2)13-15-37/h3-9,16-17H,10-15,18H2,1-2H3. The van der Waals surface area contributed by atoms with Crippen molar-refractivity contribution in [3.05, 3.63) is 77.0 Å². The van der Waals surface area contributed by atoms with Crippen molar-refractivity contribution in [3.8, 4) is 23.0 Å². The average Bonchev–Trinajstić information content (AvgIpc) is 3.50. The fourth-order valence-corrected chi connectivity index (χ4v) is 5.19. The third kappa shape index (κ3) is 4.90. The van der Waals surface area contributed by atoms with Crippen molar-refractivity contribution in [1.82, 2.24) is 29.7 Å². The van der Waals surface area contributed by atoms with Gasteiger partial charge in [-0.3, -0.25) is 9.48 Å². The van der Waals surface area contributed by atoms with Crippen LogP contribution in [0.15, 0.2) is 59.1 Å². The van der Waals surface area contributed by atoms with Crippen molar-refractivity contribution in [1.29, 1.82) is 0 Å². The molecule has 2 aliphatic rings. The number of carbonyl (C=O) groups is 1. The maximum Gasteiger partial charge on any atom is 0.398 e. The summed E-state index contributed by atoms with van der Waals surface area (Å²) in [6.45, 7) is 5.53. The van der Waals surface area contributed by atoms with E-state index in [0.29, 0.717) is 36.5 Å². The molecule has 1 saturated heterocycles. The molecule has 0 bridgehead atoms. The number of rotatable bonds is 6. The first kappa shape index (κ1) is 26.2. The highest BCUT2D eigenvalue weighted by Gasteiger charge is 2.64. The minimum Gasteiger partial charge on any atom is -0.336 e. The quantitative estimate of drug-likeness (QED) is 0.339. The first-order chi connectivity index (χ1) is 19.1. The van der Waals surface area contributed by atoms with Crippen molar-refractivity contribution < 1.29 is 22.5 Å². The maximum atomic E-state index is 13.4. The van der Waals surface area contributed by atoms with Gasteiger partial charge >= 0.3 is 6.18 Å². The fraction of sp³-hybridized carbons (Fsp3) is 0.379. The molecule has 0 radical (unpaired) electrons. The van der Waals surface area contributed by atoms with Crippen molar-refractivity contribution >= 4 is 5.91 Å². The molecule has 0 unspecified atom stereocenters. The predicted octanol–water partition coefficient (Wildman–Crippen LogP) is 4.94. The van der Waals surface area contributed by atoms with E-state index in [4.69, 9.17) is 4.52 Å². The SMILES string of the molecule is Cc1cc(-c2nc(-c3ccc(C4(C(F)(F)F)CC4)cc3)no2)nn1Cc1cccc(C(=O)N2CCN(C)CC2)c1. The van der Waals surface area contributed by atoms with Crippen LogP contribution in [-0.4, -0.2) is 75.0 Å². The summed E-state index contributed by atoms with van der Waals surface area (Å²) in [6.07, 6.45) is -4.03. The van der Waals surface area contributed by atoms with Crippen LogP contribution < -0.4 is 0 Å². The highest BCUT2D eigenvalue weighted by Crippen LogP contribution is 2.58. The molecule has 1 amide bonds. The number of carbonyl (C=O) groups excluding carboxylic acids is 1. The van der Waals surface area contributed by atoms with E-state index in [1.165, 1.54) is 12.1 Å². The van der Waals surface area contributed by atoms with Gasteiger partial charge in [-0.2, -0.15) is 23.3 Å². The Kier molecular flexibility index (Phi) is 6.48. The summed E-state index contributed by atoms with van der Waals surface area (Å²) in [7, 11) is 2.06. The Bertz CT molecular complexity index is 1530. The van der Waals surface area contributed by atoms with Gasteiger partial charge in [-0.15, -0.1) is 0 Å². The van der Waals surface area contributed by atoms with E-state index in [1.54, 1.807) is 16.8 Å². The number of hydrogen-bond acceptors (Lipinski definition) is 6. The predicted molar refractivity (Wildman–Crippen MR) is 142 cm³/mol. The smallest absolute Gasteiger partial charge is 0.336 e. The Morgan fingerprint density at radius 2 is 1.75 bits per heavy atom. The molecule has 4 aromatic rings. The molecule has 3 heterocycles. The molecule has 0 N–H and O–H groups in total. The summed E-state index contributed by atoms with van der Waals surface area (Å²) in [5.41, 5.74) is 2.06. The average molecular weight is 551 g/mol. The number of aromatic nitrogens is 4. The van der Waals surface area contributed by atoms with E-state index < -0.39 is 11.6 Å². The van der Waals surface area contributed by atoms with E-state index in [2.05, 4.69) is 27.2 Å². The Morgan fingerprint density at radius 1 is 1.02 bits per heavy atom. The van der Waals surface area contributed by atoms with Crippen LogP contribution in [0, 0.1) is 6.92 Å². The second-order valence-corrected chi connectivity index (χ2v) is 10.7. The maximum absolute atomic E-state index is 13.4. The van der Waals surface area contributed by atoms with Crippen molar-refractivity contribution in [3.63, 3.8) is 0 Å². The molecule has 6 rings (SSSR count). The molecule has 1 aliphatic heterocycles. The molecule has 2 aromatic heterocycles. The molecule has 11 heteroatoms. The second-order valence-electron chi connectivity index (χ2n) is 10.7. The van der Waals surface area contributed by atoms with Gasteiger partial charge in [-0.25, -0.2) is 0 Å². The number of likely N-dealkylation sites (N-methyl/N-ethyl adjacent to an activating group) is 1. The summed E-state index contributed by atoms with van der Waals surface area (Å²) >= 11 is 0. The van der Waals surface area contributed by atoms with Gasteiger partial charge in [0, 0.05) is 43.0 Å². The zero-order valence-electron chi connectivity index (χ0n) is 22.3. The molecule has 2 fully saturated rings. The molecular formula is C29H29F3N6O2. The Balaban J connectivity index is 1.16. The van der Waals surface area contributed by atoms with E-state index in [-0.39, 0.29) is 36.0 Å². The largest absolute Gasteiger partial charge is 0.398 e. The van der Waals surface area contributed by atoms with E-state index >= 15 is 0 Å². The highest BCUT2D eigenvalue weighted by molar-refractivity contribution is 5.94. The van der Waals surface area contributed by atoms with Crippen LogP contribution in [0.4, 0.5) is 13.2 Å².